The summed E-state index contributed by atoms with van der Waals surface area (Å²) in [7, 11) is 0. The van der Waals surface area contributed by atoms with Gasteiger partial charge in [-0.15, -0.1) is 11.3 Å². The fourth-order valence-electron chi connectivity index (χ4n) is 7.93. The lowest BCUT2D eigenvalue weighted by Gasteiger charge is -2.12. The summed E-state index contributed by atoms with van der Waals surface area (Å²) in [5.41, 5.74) is 13.3. The number of aryl methyl sites for hydroxylation is 1. The summed E-state index contributed by atoms with van der Waals surface area (Å²) in [6.45, 7) is 0. The minimum absolute atomic E-state index is 0.711. The zero-order chi connectivity index (χ0) is 34.2. The van der Waals surface area contributed by atoms with Crippen LogP contribution in [-0.2, 0) is 6.42 Å². The SMILES string of the molecule is C1=Cc2cc(-c3ccc4oc5c6ccccc6c(-c6nc(-c7ccc(-c8ccccc8)cc7)c7sc8ccccc8c7n6)cc5c4c3)ccc2CC1. The molecule has 3 aromatic heterocycles. The quantitative estimate of drug-likeness (QED) is 0.185. The van der Waals surface area contributed by atoms with Crippen LogP contribution in [-0.4, -0.2) is 9.97 Å². The van der Waals surface area contributed by atoms with E-state index in [1.807, 2.05) is 0 Å². The number of nitrogens with zero attached hydrogens (tertiary/aromatic N) is 2. The van der Waals surface area contributed by atoms with Gasteiger partial charge in [-0.2, -0.15) is 0 Å². The van der Waals surface area contributed by atoms with Gasteiger partial charge in [0.05, 0.1) is 15.9 Å². The molecule has 0 spiro atoms. The van der Waals surface area contributed by atoms with E-state index in [0.717, 1.165) is 78.0 Å². The topological polar surface area (TPSA) is 38.9 Å². The molecule has 11 rings (SSSR count). The number of furan rings is 1. The normalized spacial score (nSPS) is 12.8. The summed E-state index contributed by atoms with van der Waals surface area (Å²) in [6.07, 6.45) is 6.74. The van der Waals surface area contributed by atoms with Crippen molar-refractivity contribution in [2.75, 3.05) is 0 Å². The molecular weight excluding hydrogens is 653 g/mol. The van der Waals surface area contributed by atoms with Gasteiger partial charge in [0.1, 0.15) is 11.2 Å². The Morgan fingerprint density at radius 2 is 1.25 bits per heavy atom. The molecule has 244 valence electrons. The molecular formula is C48H30N2OS. The van der Waals surface area contributed by atoms with Gasteiger partial charge in [0.15, 0.2) is 5.82 Å². The number of aromatic nitrogens is 2. The second-order valence-corrected chi connectivity index (χ2v) is 14.7. The van der Waals surface area contributed by atoms with E-state index < -0.39 is 0 Å². The molecule has 0 atom stereocenters. The highest BCUT2D eigenvalue weighted by Gasteiger charge is 2.21. The number of hydrogen-bond acceptors (Lipinski definition) is 4. The Hall–Kier alpha value is -6.36. The van der Waals surface area contributed by atoms with E-state index >= 15 is 0 Å². The van der Waals surface area contributed by atoms with Gasteiger partial charge in [0, 0.05) is 37.4 Å². The molecule has 1 aliphatic rings. The van der Waals surface area contributed by atoms with Crippen molar-refractivity contribution in [3.05, 3.63) is 163 Å². The summed E-state index contributed by atoms with van der Waals surface area (Å²) in [5, 5.41) is 5.43. The fraction of sp³-hybridized carbons (Fsp3) is 0.0417. The minimum atomic E-state index is 0.711. The van der Waals surface area contributed by atoms with Crippen molar-refractivity contribution >= 4 is 70.4 Å². The monoisotopic (exact) mass is 682 g/mol. The van der Waals surface area contributed by atoms with Crippen molar-refractivity contribution in [3.63, 3.8) is 0 Å². The molecule has 0 N–H and O–H groups in total. The Morgan fingerprint density at radius 3 is 2.13 bits per heavy atom. The highest BCUT2D eigenvalue weighted by Crippen LogP contribution is 2.44. The van der Waals surface area contributed by atoms with Crippen LogP contribution in [0.15, 0.2) is 156 Å². The number of fused-ring (bicyclic) bond motifs is 9. The van der Waals surface area contributed by atoms with E-state index in [9.17, 15) is 0 Å². The largest absolute Gasteiger partial charge is 0.455 e. The number of rotatable bonds is 4. The molecule has 0 aliphatic heterocycles. The van der Waals surface area contributed by atoms with Gasteiger partial charge in [-0.25, -0.2) is 9.97 Å². The zero-order valence-electron chi connectivity index (χ0n) is 28.1. The van der Waals surface area contributed by atoms with Gasteiger partial charge in [-0.1, -0.05) is 127 Å². The van der Waals surface area contributed by atoms with Crippen LogP contribution >= 0.6 is 11.3 Å². The van der Waals surface area contributed by atoms with Gasteiger partial charge >= 0.3 is 0 Å². The molecule has 0 unspecified atom stereocenters. The highest BCUT2D eigenvalue weighted by atomic mass is 32.1. The van der Waals surface area contributed by atoms with Crippen LogP contribution < -0.4 is 0 Å². The van der Waals surface area contributed by atoms with Crippen molar-refractivity contribution in [1.29, 1.82) is 0 Å². The van der Waals surface area contributed by atoms with Crippen molar-refractivity contribution in [2.24, 2.45) is 0 Å². The number of allylic oxidation sites excluding steroid dienone is 1. The third kappa shape index (κ3) is 4.65. The summed E-state index contributed by atoms with van der Waals surface area (Å²) in [4.78, 5) is 10.8. The van der Waals surface area contributed by atoms with Crippen molar-refractivity contribution < 1.29 is 4.42 Å². The standard InChI is InChI=1S/C48H30N2OS/c1-2-10-29(11-3-1)31-18-21-32(22-19-31)44-47-45(38-16-8-9-17-43(38)52-47)50-48(49-44)41-28-40-39-27-35(34-23-20-30-12-4-5-13-33(30)26-34)24-25-42(39)51-46(40)37-15-7-6-14-36(37)41/h1-3,5-11,13-28H,4,12H2. The van der Waals surface area contributed by atoms with E-state index in [1.165, 1.54) is 38.1 Å². The molecule has 0 amide bonds. The molecule has 0 radical (unpaired) electrons. The summed E-state index contributed by atoms with van der Waals surface area (Å²) < 4.78 is 8.95. The molecule has 0 saturated heterocycles. The number of hydrogen-bond donors (Lipinski definition) is 0. The van der Waals surface area contributed by atoms with Crippen LogP contribution in [0.25, 0.3) is 104 Å². The van der Waals surface area contributed by atoms with Crippen molar-refractivity contribution in [2.45, 2.75) is 12.8 Å². The first-order valence-electron chi connectivity index (χ1n) is 17.8. The van der Waals surface area contributed by atoms with Gasteiger partial charge in [0.2, 0.25) is 0 Å². The van der Waals surface area contributed by atoms with E-state index in [0.29, 0.717) is 5.82 Å². The lowest BCUT2D eigenvalue weighted by molar-refractivity contribution is 0.673. The van der Waals surface area contributed by atoms with E-state index in [4.69, 9.17) is 14.4 Å². The van der Waals surface area contributed by atoms with Crippen LogP contribution in [0, 0.1) is 0 Å². The Morgan fingerprint density at radius 1 is 0.538 bits per heavy atom. The smallest absolute Gasteiger partial charge is 0.161 e. The number of thiophene rings is 1. The minimum Gasteiger partial charge on any atom is -0.455 e. The highest BCUT2D eigenvalue weighted by molar-refractivity contribution is 7.26. The first kappa shape index (κ1) is 29.4. The van der Waals surface area contributed by atoms with Gasteiger partial charge in [0.25, 0.3) is 0 Å². The third-order valence-corrected chi connectivity index (χ3v) is 11.7. The zero-order valence-corrected chi connectivity index (χ0v) is 29.0. The molecule has 52 heavy (non-hydrogen) atoms. The van der Waals surface area contributed by atoms with E-state index in [1.54, 1.807) is 11.3 Å². The molecule has 3 heterocycles. The maximum absolute atomic E-state index is 6.64. The van der Waals surface area contributed by atoms with Gasteiger partial charge in [-0.3, -0.25) is 0 Å². The molecule has 10 aromatic rings. The molecule has 0 saturated carbocycles. The average molecular weight is 683 g/mol. The lowest BCUT2D eigenvalue weighted by Crippen LogP contribution is -1.95. The van der Waals surface area contributed by atoms with Crippen LogP contribution in [0.4, 0.5) is 0 Å². The molecule has 3 nitrogen and oxygen atoms in total. The summed E-state index contributed by atoms with van der Waals surface area (Å²) in [6, 6.07) is 52.0. The maximum Gasteiger partial charge on any atom is 0.161 e. The van der Waals surface area contributed by atoms with Crippen LogP contribution in [0.5, 0.6) is 0 Å². The predicted molar refractivity (Wildman–Crippen MR) is 219 cm³/mol. The third-order valence-electron chi connectivity index (χ3n) is 10.6. The predicted octanol–water partition coefficient (Wildman–Crippen LogP) is 13.5. The lowest BCUT2D eigenvalue weighted by atomic mass is 9.93. The molecule has 0 bridgehead atoms. The number of benzene rings is 7. The fourth-order valence-corrected chi connectivity index (χ4v) is 9.08. The second kappa shape index (κ2) is 11.6. The Balaban J connectivity index is 1.14. The maximum atomic E-state index is 6.64. The van der Waals surface area contributed by atoms with Crippen LogP contribution in [0.3, 0.4) is 0 Å². The van der Waals surface area contributed by atoms with E-state index in [-0.39, 0.29) is 0 Å². The molecule has 0 fully saturated rings. The van der Waals surface area contributed by atoms with Gasteiger partial charge < -0.3 is 4.42 Å². The summed E-state index contributed by atoms with van der Waals surface area (Å²) >= 11 is 1.76. The summed E-state index contributed by atoms with van der Waals surface area (Å²) in [5.74, 6) is 0.711. The van der Waals surface area contributed by atoms with Crippen LogP contribution in [0.1, 0.15) is 17.5 Å². The Bertz CT molecular complexity index is 3060. The molecule has 1 aliphatic carbocycles. The molecule has 7 aromatic carbocycles. The van der Waals surface area contributed by atoms with Crippen LogP contribution in [0.2, 0.25) is 0 Å². The van der Waals surface area contributed by atoms with Gasteiger partial charge in [-0.05, 0) is 81.9 Å². The van der Waals surface area contributed by atoms with Crippen molar-refractivity contribution in [1.82, 2.24) is 9.97 Å². The second-order valence-electron chi connectivity index (χ2n) is 13.6. The molecule has 4 heteroatoms. The van der Waals surface area contributed by atoms with E-state index in [2.05, 4.69) is 158 Å². The average Bonchev–Trinajstić information content (AvgIpc) is 3.79. The van der Waals surface area contributed by atoms with Crippen molar-refractivity contribution in [3.8, 4) is 44.9 Å². The Labute approximate surface area is 304 Å². The first-order chi connectivity index (χ1) is 25.7. The Kier molecular flexibility index (Phi) is 6.55. The first-order valence-corrected chi connectivity index (χ1v) is 18.6.